The van der Waals surface area contributed by atoms with Crippen molar-refractivity contribution in [1.82, 2.24) is 0 Å². The van der Waals surface area contributed by atoms with E-state index in [0.717, 1.165) is 12.8 Å². The van der Waals surface area contributed by atoms with E-state index in [2.05, 4.69) is 35.1 Å². The molecule has 0 aliphatic rings. The minimum Gasteiger partial charge on any atom is -0.478 e. The summed E-state index contributed by atoms with van der Waals surface area (Å²) >= 11 is 3.26. The van der Waals surface area contributed by atoms with E-state index in [4.69, 9.17) is 5.11 Å². The molecule has 0 atom stereocenters. The molecule has 19 heavy (non-hydrogen) atoms. The molecule has 1 aromatic carbocycles. The van der Waals surface area contributed by atoms with E-state index in [1.165, 1.54) is 0 Å². The van der Waals surface area contributed by atoms with Gasteiger partial charge in [-0.25, -0.2) is 4.79 Å². The van der Waals surface area contributed by atoms with E-state index in [1.54, 1.807) is 18.2 Å². The summed E-state index contributed by atoms with van der Waals surface area (Å²) in [5.41, 5.74) is 0.861. The van der Waals surface area contributed by atoms with Crippen molar-refractivity contribution < 1.29 is 15.0 Å². The molecule has 0 spiro atoms. The van der Waals surface area contributed by atoms with Gasteiger partial charge in [0.2, 0.25) is 0 Å². The fraction of sp³-hybridized carbons (Fsp3) is 0.500. The largest absolute Gasteiger partial charge is 0.478 e. The zero-order valence-corrected chi connectivity index (χ0v) is 12.8. The van der Waals surface area contributed by atoms with Crippen LogP contribution in [0.4, 0.5) is 5.69 Å². The van der Waals surface area contributed by atoms with Gasteiger partial charge < -0.3 is 15.5 Å². The lowest BCUT2D eigenvalue weighted by atomic mass is 9.88. The van der Waals surface area contributed by atoms with Gasteiger partial charge in [-0.2, -0.15) is 0 Å². The van der Waals surface area contributed by atoms with E-state index in [9.17, 15) is 9.90 Å². The highest BCUT2D eigenvalue weighted by Crippen LogP contribution is 2.27. The quantitative estimate of drug-likeness (QED) is 0.717. The van der Waals surface area contributed by atoms with E-state index in [1.807, 2.05) is 0 Å². The van der Waals surface area contributed by atoms with Crippen molar-refractivity contribution in [1.29, 1.82) is 0 Å². The van der Waals surface area contributed by atoms with Gasteiger partial charge in [-0.1, -0.05) is 19.9 Å². The van der Waals surface area contributed by atoms with Gasteiger partial charge in [0.15, 0.2) is 0 Å². The highest BCUT2D eigenvalue weighted by Gasteiger charge is 2.19. The fourth-order valence-electron chi connectivity index (χ4n) is 1.87. The number of carbonyl (C=O) groups is 1. The van der Waals surface area contributed by atoms with E-state index in [0.29, 0.717) is 16.7 Å². The minimum absolute atomic E-state index is 0.000814. The maximum absolute atomic E-state index is 11.2. The number of aliphatic hydroxyl groups is 1. The van der Waals surface area contributed by atoms with Crippen molar-refractivity contribution in [2.75, 3.05) is 18.5 Å². The van der Waals surface area contributed by atoms with Crippen LogP contribution in [0.2, 0.25) is 0 Å². The second-order valence-corrected chi connectivity index (χ2v) is 6.17. The Bertz CT molecular complexity index is 446. The van der Waals surface area contributed by atoms with Crippen LogP contribution in [-0.4, -0.2) is 29.3 Å². The maximum atomic E-state index is 11.2. The van der Waals surface area contributed by atoms with Gasteiger partial charge in [0.1, 0.15) is 0 Å². The second kappa shape index (κ2) is 6.91. The summed E-state index contributed by atoms with van der Waals surface area (Å²) < 4.78 is 0.568. The smallest absolute Gasteiger partial charge is 0.338 e. The summed E-state index contributed by atoms with van der Waals surface area (Å²) in [4.78, 5) is 11.2. The molecular formula is C14H20BrNO3. The van der Waals surface area contributed by atoms with Crippen molar-refractivity contribution in [3.05, 3.63) is 28.2 Å². The topological polar surface area (TPSA) is 69.6 Å². The normalized spacial score (nSPS) is 11.4. The Kier molecular flexibility index (Phi) is 5.82. The van der Waals surface area contributed by atoms with Crippen molar-refractivity contribution in [3.8, 4) is 0 Å². The van der Waals surface area contributed by atoms with Crippen LogP contribution >= 0.6 is 15.9 Å². The first-order valence-electron chi connectivity index (χ1n) is 6.24. The van der Waals surface area contributed by atoms with Crippen LogP contribution < -0.4 is 5.32 Å². The molecule has 0 unspecified atom stereocenters. The molecule has 0 amide bonds. The Morgan fingerprint density at radius 3 is 2.68 bits per heavy atom. The molecule has 1 rings (SSSR count). The number of halogens is 1. The number of nitrogens with one attached hydrogen (secondary N) is 1. The number of rotatable bonds is 7. The van der Waals surface area contributed by atoms with E-state index < -0.39 is 5.97 Å². The first kappa shape index (κ1) is 16.0. The van der Waals surface area contributed by atoms with Crippen LogP contribution in [0.15, 0.2) is 22.7 Å². The molecule has 3 N–H and O–H groups in total. The Balaban J connectivity index is 2.78. The molecule has 106 valence electrons. The summed E-state index contributed by atoms with van der Waals surface area (Å²) in [6.07, 6.45) is 1.63. The lowest BCUT2D eigenvalue weighted by molar-refractivity contribution is 0.0697. The minimum atomic E-state index is -0.955. The van der Waals surface area contributed by atoms with Crippen LogP contribution in [0.25, 0.3) is 0 Å². The first-order chi connectivity index (χ1) is 8.87. The zero-order valence-electron chi connectivity index (χ0n) is 11.2. The number of anilines is 1. The molecule has 0 aromatic heterocycles. The van der Waals surface area contributed by atoms with Gasteiger partial charge in [0, 0.05) is 23.3 Å². The van der Waals surface area contributed by atoms with Crippen molar-refractivity contribution >= 4 is 27.6 Å². The molecule has 0 saturated heterocycles. The number of hydrogen-bond acceptors (Lipinski definition) is 3. The Hall–Kier alpha value is -1.07. The fourth-order valence-corrected chi connectivity index (χ4v) is 2.41. The van der Waals surface area contributed by atoms with Gasteiger partial charge in [-0.15, -0.1) is 0 Å². The first-order valence-corrected chi connectivity index (χ1v) is 7.03. The molecule has 5 heteroatoms. The zero-order chi connectivity index (χ0) is 14.5. The second-order valence-electron chi connectivity index (χ2n) is 5.31. The molecule has 0 aliphatic carbocycles. The lowest BCUT2D eigenvalue weighted by Crippen LogP contribution is -2.24. The Labute approximate surface area is 122 Å². The highest BCUT2D eigenvalue weighted by atomic mass is 79.9. The lowest BCUT2D eigenvalue weighted by Gasteiger charge is -2.25. The third-order valence-electron chi connectivity index (χ3n) is 3.00. The molecule has 0 fully saturated rings. The average molecular weight is 330 g/mol. The third kappa shape index (κ3) is 4.84. The monoisotopic (exact) mass is 329 g/mol. The van der Waals surface area contributed by atoms with Gasteiger partial charge in [-0.05, 0) is 46.3 Å². The van der Waals surface area contributed by atoms with Gasteiger partial charge in [0.05, 0.1) is 5.56 Å². The molecular weight excluding hydrogens is 310 g/mol. The van der Waals surface area contributed by atoms with Gasteiger partial charge in [-0.3, -0.25) is 0 Å². The summed E-state index contributed by atoms with van der Waals surface area (Å²) in [6.45, 7) is 5.02. The van der Waals surface area contributed by atoms with Crippen LogP contribution in [0.5, 0.6) is 0 Å². The summed E-state index contributed by atoms with van der Waals surface area (Å²) in [6, 6.07) is 5.28. The van der Waals surface area contributed by atoms with Crippen LogP contribution in [0.1, 0.15) is 37.0 Å². The van der Waals surface area contributed by atoms with Crippen molar-refractivity contribution in [2.45, 2.75) is 26.7 Å². The average Bonchev–Trinajstić information content (AvgIpc) is 2.33. The van der Waals surface area contributed by atoms with Crippen LogP contribution in [0.3, 0.4) is 0 Å². The molecule has 0 aliphatic heterocycles. The SMILES string of the molecule is CC(C)(CCCO)CNc1cccc(Br)c1C(=O)O. The molecule has 0 saturated carbocycles. The standard InChI is InChI=1S/C14H20BrNO3/c1-14(2,7-4-8-17)9-16-11-6-3-5-10(15)12(11)13(18)19/h3,5-6,16-17H,4,7-9H2,1-2H3,(H,18,19). The van der Waals surface area contributed by atoms with E-state index in [-0.39, 0.29) is 17.6 Å². The predicted octanol–water partition coefficient (Wildman–Crippen LogP) is 3.36. The van der Waals surface area contributed by atoms with Gasteiger partial charge >= 0.3 is 5.97 Å². The summed E-state index contributed by atoms with van der Waals surface area (Å²) in [7, 11) is 0. The van der Waals surface area contributed by atoms with Crippen molar-refractivity contribution in [3.63, 3.8) is 0 Å². The number of carboxylic acids is 1. The van der Waals surface area contributed by atoms with Crippen molar-refractivity contribution in [2.24, 2.45) is 5.41 Å². The highest BCUT2D eigenvalue weighted by molar-refractivity contribution is 9.10. The summed E-state index contributed by atoms with van der Waals surface area (Å²) in [5, 5.41) is 21.3. The third-order valence-corrected chi connectivity index (χ3v) is 3.66. The Morgan fingerprint density at radius 2 is 2.11 bits per heavy atom. The molecule has 1 aromatic rings. The number of aromatic carboxylic acids is 1. The molecule has 0 radical (unpaired) electrons. The summed E-state index contributed by atoms with van der Waals surface area (Å²) in [5.74, 6) is -0.955. The van der Waals surface area contributed by atoms with Crippen LogP contribution in [0, 0.1) is 5.41 Å². The molecule has 0 bridgehead atoms. The predicted molar refractivity (Wildman–Crippen MR) is 79.7 cm³/mol. The number of benzene rings is 1. The Morgan fingerprint density at radius 1 is 1.42 bits per heavy atom. The van der Waals surface area contributed by atoms with E-state index >= 15 is 0 Å². The number of aliphatic hydroxyl groups excluding tert-OH is 1. The molecule has 0 heterocycles. The van der Waals surface area contributed by atoms with Crippen LogP contribution in [-0.2, 0) is 0 Å². The number of hydrogen-bond donors (Lipinski definition) is 3. The van der Waals surface area contributed by atoms with Gasteiger partial charge in [0.25, 0.3) is 0 Å². The molecule has 4 nitrogen and oxygen atoms in total. The maximum Gasteiger partial charge on any atom is 0.338 e. The number of carboxylic acid groups (broad SMARTS) is 1.